The normalized spacial score (nSPS) is 18.9. The Labute approximate surface area is 118 Å². The summed E-state index contributed by atoms with van der Waals surface area (Å²) in [6.07, 6.45) is 6.41. The lowest BCUT2D eigenvalue weighted by atomic mass is 9.95. The van der Waals surface area contributed by atoms with Gasteiger partial charge in [-0.25, -0.2) is 4.98 Å². The Kier molecular flexibility index (Phi) is 3.53. The van der Waals surface area contributed by atoms with Gasteiger partial charge in [-0.2, -0.15) is 0 Å². The van der Waals surface area contributed by atoms with Gasteiger partial charge in [-0.1, -0.05) is 25.7 Å². The highest BCUT2D eigenvalue weighted by atomic mass is 16.3. The number of hydrogen-bond donors (Lipinski definition) is 4. The van der Waals surface area contributed by atoms with Crippen molar-refractivity contribution < 1.29 is 5.11 Å². The van der Waals surface area contributed by atoms with Crippen molar-refractivity contribution in [1.82, 2.24) is 9.97 Å². The number of nitrogens with two attached hydrogens (primary N) is 1. The number of rotatable bonds is 3. The monoisotopic (exact) mass is 274 g/mol. The Balaban J connectivity index is 1.69. The van der Waals surface area contributed by atoms with Crippen LogP contribution in [0.3, 0.4) is 0 Å². The molecule has 0 amide bonds. The molecule has 5 nitrogen and oxygen atoms in total. The zero-order valence-corrected chi connectivity index (χ0v) is 11.7. The minimum absolute atomic E-state index is 0.544. The number of imidazole rings is 1. The summed E-state index contributed by atoms with van der Waals surface area (Å²) in [6.45, 7) is 0.544. The zero-order chi connectivity index (χ0) is 14.0. The van der Waals surface area contributed by atoms with Crippen LogP contribution in [0.5, 0.6) is 0 Å². The molecule has 1 fully saturated rings. The Morgan fingerprint density at radius 3 is 2.75 bits per heavy atom. The molecule has 5 heteroatoms. The van der Waals surface area contributed by atoms with E-state index in [2.05, 4.69) is 15.3 Å². The maximum atomic E-state index is 10.6. The van der Waals surface area contributed by atoms with E-state index in [0.717, 1.165) is 42.4 Å². The average molecular weight is 274 g/mol. The largest absolute Gasteiger partial charge is 0.399 e. The second kappa shape index (κ2) is 5.32. The summed E-state index contributed by atoms with van der Waals surface area (Å²) in [4.78, 5) is 7.65. The molecule has 0 bridgehead atoms. The van der Waals surface area contributed by atoms with Crippen molar-refractivity contribution in [3.63, 3.8) is 0 Å². The number of anilines is 2. The number of nitrogens with zero attached hydrogens (tertiary/aromatic N) is 1. The van der Waals surface area contributed by atoms with Crippen LogP contribution in [0, 0.1) is 0 Å². The molecule has 5 N–H and O–H groups in total. The highest BCUT2D eigenvalue weighted by Crippen LogP contribution is 2.27. The van der Waals surface area contributed by atoms with Crippen LogP contribution in [0.15, 0.2) is 18.2 Å². The second-order valence-corrected chi connectivity index (χ2v) is 5.85. The van der Waals surface area contributed by atoms with Crippen LogP contribution in [-0.4, -0.2) is 27.2 Å². The lowest BCUT2D eigenvalue weighted by molar-refractivity contribution is 0.0380. The first kappa shape index (κ1) is 13.2. The van der Waals surface area contributed by atoms with Gasteiger partial charge in [-0.05, 0) is 31.0 Å². The van der Waals surface area contributed by atoms with E-state index in [1.165, 1.54) is 12.8 Å². The lowest BCUT2D eigenvalue weighted by Gasteiger charge is -2.26. The molecule has 0 radical (unpaired) electrons. The van der Waals surface area contributed by atoms with Gasteiger partial charge in [0.2, 0.25) is 5.95 Å². The number of aliphatic hydroxyl groups is 1. The fourth-order valence-electron chi connectivity index (χ4n) is 2.92. The topological polar surface area (TPSA) is 87.0 Å². The average Bonchev–Trinajstić information content (AvgIpc) is 2.70. The number of aromatic nitrogens is 2. The number of hydrogen-bond acceptors (Lipinski definition) is 4. The molecule has 108 valence electrons. The molecule has 0 unspecified atom stereocenters. The van der Waals surface area contributed by atoms with E-state index in [1.54, 1.807) is 0 Å². The standard InChI is InChI=1S/C15H22N4O/c16-11-5-6-12-13(9-11)19-14(18-12)17-10-15(20)7-3-1-2-4-8-15/h5-6,9,20H,1-4,7-8,10,16H2,(H2,17,18,19). The summed E-state index contributed by atoms with van der Waals surface area (Å²) in [5.41, 5.74) is 7.67. The van der Waals surface area contributed by atoms with E-state index >= 15 is 0 Å². The molecule has 1 saturated carbocycles. The van der Waals surface area contributed by atoms with Crippen molar-refractivity contribution in [2.45, 2.75) is 44.1 Å². The van der Waals surface area contributed by atoms with Gasteiger partial charge in [-0.3, -0.25) is 0 Å². The fraction of sp³-hybridized carbons (Fsp3) is 0.533. The van der Waals surface area contributed by atoms with Crippen molar-refractivity contribution in [2.24, 2.45) is 0 Å². The summed E-state index contributed by atoms with van der Waals surface area (Å²) in [5.74, 6) is 0.697. The second-order valence-electron chi connectivity index (χ2n) is 5.85. The Hall–Kier alpha value is -1.75. The van der Waals surface area contributed by atoms with Crippen LogP contribution in [0.25, 0.3) is 11.0 Å². The molecule has 1 aromatic heterocycles. The van der Waals surface area contributed by atoms with Crippen LogP contribution >= 0.6 is 0 Å². The zero-order valence-electron chi connectivity index (χ0n) is 11.7. The molecule has 20 heavy (non-hydrogen) atoms. The molecule has 0 saturated heterocycles. The minimum atomic E-state index is -0.603. The summed E-state index contributed by atoms with van der Waals surface area (Å²) in [7, 11) is 0. The fourth-order valence-corrected chi connectivity index (χ4v) is 2.92. The van der Waals surface area contributed by atoms with Gasteiger partial charge in [0, 0.05) is 12.2 Å². The van der Waals surface area contributed by atoms with Crippen molar-refractivity contribution in [3.8, 4) is 0 Å². The molecule has 1 aromatic carbocycles. The number of fused-ring (bicyclic) bond motifs is 1. The Morgan fingerprint density at radius 1 is 1.25 bits per heavy atom. The first-order valence-electron chi connectivity index (χ1n) is 7.36. The summed E-state index contributed by atoms with van der Waals surface area (Å²) in [5, 5.41) is 13.8. The first-order valence-corrected chi connectivity index (χ1v) is 7.36. The molecule has 0 atom stereocenters. The van der Waals surface area contributed by atoms with Gasteiger partial charge in [0.1, 0.15) is 0 Å². The van der Waals surface area contributed by atoms with Gasteiger partial charge >= 0.3 is 0 Å². The van der Waals surface area contributed by atoms with Crippen LogP contribution < -0.4 is 11.1 Å². The highest BCUT2D eigenvalue weighted by molar-refractivity contribution is 5.80. The van der Waals surface area contributed by atoms with Crippen LogP contribution in [0.4, 0.5) is 11.6 Å². The SMILES string of the molecule is Nc1ccc2nc(NCC3(O)CCCCCC3)[nH]c2c1. The smallest absolute Gasteiger partial charge is 0.201 e. The maximum absolute atomic E-state index is 10.6. The summed E-state index contributed by atoms with van der Waals surface area (Å²) in [6, 6.07) is 5.60. The van der Waals surface area contributed by atoms with E-state index in [4.69, 9.17) is 5.73 Å². The van der Waals surface area contributed by atoms with E-state index in [0.29, 0.717) is 12.5 Å². The molecule has 1 aliphatic carbocycles. The molecule has 0 aliphatic heterocycles. The predicted octanol–water partition coefficient (Wildman–Crippen LogP) is 2.64. The van der Waals surface area contributed by atoms with Gasteiger partial charge in [-0.15, -0.1) is 0 Å². The van der Waals surface area contributed by atoms with Crippen molar-refractivity contribution in [3.05, 3.63) is 18.2 Å². The number of aromatic amines is 1. The molecule has 3 rings (SSSR count). The molecule has 2 aromatic rings. The van der Waals surface area contributed by atoms with Crippen LogP contribution in [0.2, 0.25) is 0 Å². The number of nitrogen functional groups attached to an aromatic ring is 1. The number of H-pyrrole nitrogens is 1. The van der Waals surface area contributed by atoms with Crippen LogP contribution in [-0.2, 0) is 0 Å². The summed E-state index contributed by atoms with van der Waals surface area (Å²) >= 11 is 0. The van der Waals surface area contributed by atoms with Gasteiger partial charge in [0.15, 0.2) is 0 Å². The maximum Gasteiger partial charge on any atom is 0.201 e. The minimum Gasteiger partial charge on any atom is -0.399 e. The molecule has 1 heterocycles. The van der Waals surface area contributed by atoms with Gasteiger partial charge in [0.25, 0.3) is 0 Å². The third-order valence-corrected chi connectivity index (χ3v) is 4.13. The third kappa shape index (κ3) is 2.88. The molecular formula is C15H22N4O. The third-order valence-electron chi connectivity index (χ3n) is 4.13. The van der Waals surface area contributed by atoms with Gasteiger partial charge < -0.3 is 21.1 Å². The lowest BCUT2D eigenvalue weighted by Crippen LogP contribution is -2.36. The van der Waals surface area contributed by atoms with Crippen molar-refractivity contribution >= 4 is 22.7 Å². The van der Waals surface area contributed by atoms with Crippen LogP contribution in [0.1, 0.15) is 38.5 Å². The Bertz CT molecular complexity index is 585. The molecule has 1 aliphatic rings. The van der Waals surface area contributed by atoms with Crippen molar-refractivity contribution in [1.29, 1.82) is 0 Å². The van der Waals surface area contributed by atoms with E-state index in [9.17, 15) is 5.11 Å². The van der Waals surface area contributed by atoms with E-state index < -0.39 is 5.60 Å². The van der Waals surface area contributed by atoms with E-state index in [-0.39, 0.29) is 0 Å². The first-order chi connectivity index (χ1) is 9.65. The number of benzene rings is 1. The highest BCUT2D eigenvalue weighted by Gasteiger charge is 2.27. The molecule has 0 spiro atoms. The summed E-state index contributed by atoms with van der Waals surface area (Å²) < 4.78 is 0. The number of nitrogens with one attached hydrogen (secondary N) is 2. The predicted molar refractivity (Wildman–Crippen MR) is 81.6 cm³/mol. The quantitative estimate of drug-likeness (QED) is 0.512. The Morgan fingerprint density at radius 2 is 2.00 bits per heavy atom. The van der Waals surface area contributed by atoms with E-state index in [1.807, 2.05) is 18.2 Å². The van der Waals surface area contributed by atoms with Crippen molar-refractivity contribution in [2.75, 3.05) is 17.6 Å². The molecular weight excluding hydrogens is 252 g/mol. The van der Waals surface area contributed by atoms with Gasteiger partial charge in [0.05, 0.1) is 16.6 Å².